The van der Waals surface area contributed by atoms with Crippen LogP contribution >= 0.6 is 0 Å². The second kappa shape index (κ2) is 6.91. The topological polar surface area (TPSA) is 89.9 Å². The summed E-state index contributed by atoms with van der Waals surface area (Å²) in [6, 6.07) is 0.129. The highest BCUT2D eigenvalue weighted by molar-refractivity contribution is 5.37. The minimum absolute atomic E-state index is 0.000897. The second-order valence-corrected chi connectivity index (χ2v) is 12.0. The summed E-state index contributed by atoms with van der Waals surface area (Å²) in [5, 5.41) is 23.7. The predicted octanol–water partition coefficient (Wildman–Crippen LogP) is 0.493. The van der Waals surface area contributed by atoms with E-state index in [1.54, 1.807) is 14.2 Å². The molecule has 8 nitrogen and oxygen atoms in total. The monoisotopic (exact) mass is 465 g/mol. The van der Waals surface area contributed by atoms with Crippen molar-refractivity contribution < 1.29 is 33.9 Å². The molecule has 0 radical (unpaired) electrons. The Balaban J connectivity index is 1.53. The number of aliphatic hydroxyl groups excluding tert-OH is 2. The van der Waals surface area contributed by atoms with Gasteiger partial charge in [-0.15, -0.1) is 0 Å². The summed E-state index contributed by atoms with van der Waals surface area (Å²) in [5.74, 6) is 0.225. The number of aliphatic hydroxyl groups is 2. The fourth-order valence-corrected chi connectivity index (χ4v) is 11.4. The summed E-state index contributed by atoms with van der Waals surface area (Å²) in [6.45, 7) is 4.98. The van der Waals surface area contributed by atoms with E-state index in [-0.39, 0.29) is 71.6 Å². The van der Waals surface area contributed by atoms with Crippen molar-refractivity contribution in [1.82, 2.24) is 4.90 Å². The summed E-state index contributed by atoms with van der Waals surface area (Å²) in [6.07, 6.45) is 1.08. The lowest BCUT2D eigenvalue weighted by molar-refractivity contribution is -0.276. The molecule has 0 aromatic rings. The molecule has 7 bridgehead atoms. The molecule has 2 aliphatic heterocycles. The Hall–Kier alpha value is -0.320. The molecule has 186 valence electrons. The smallest absolute Gasteiger partial charge is 0.148 e. The quantitative estimate of drug-likeness (QED) is 0.607. The molecule has 0 amide bonds. The van der Waals surface area contributed by atoms with E-state index < -0.39 is 17.8 Å². The van der Waals surface area contributed by atoms with E-state index >= 15 is 0 Å². The van der Waals surface area contributed by atoms with Gasteiger partial charge in [0.1, 0.15) is 18.5 Å². The Bertz CT molecular complexity index is 829. The average Bonchev–Trinajstić information content (AvgIpc) is 3.42. The zero-order valence-corrected chi connectivity index (χ0v) is 20.2. The second-order valence-electron chi connectivity index (χ2n) is 12.0. The molecule has 7 fully saturated rings. The third-order valence-corrected chi connectivity index (χ3v) is 11.7. The number of hydrogen-bond acceptors (Lipinski definition) is 8. The maximum Gasteiger partial charge on any atom is 0.148 e. The summed E-state index contributed by atoms with van der Waals surface area (Å²) in [5.41, 5.74) is -1.09. The van der Waals surface area contributed by atoms with Crippen LogP contribution in [0.25, 0.3) is 0 Å². The van der Waals surface area contributed by atoms with Crippen molar-refractivity contribution in [2.24, 2.45) is 40.4 Å². The van der Waals surface area contributed by atoms with Gasteiger partial charge in [-0.25, -0.2) is 0 Å². The maximum absolute atomic E-state index is 12.0. The van der Waals surface area contributed by atoms with Crippen molar-refractivity contribution >= 4 is 0 Å². The molecule has 9 unspecified atom stereocenters. The normalized spacial score (nSPS) is 62.5. The Morgan fingerprint density at radius 1 is 1.09 bits per heavy atom. The molecule has 33 heavy (non-hydrogen) atoms. The minimum atomic E-state index is -0.665. The first kappa shape index (κ1) is 21.9. The molecule has 5 saturated carbocycles. The number of methoxy groups -OCH3 is 3. The maximum atomic E-state index is 12.0. The molecular formula is C25H39NO7. The molecule has 2 heterocycles. The van der Waals surface area contributed by atoms with Gasteiger partial charge in [0.2, 0.25) is 0 Å². The van der Waals surface area contributed by atoms with Crippen molar-refractivity contribution in [2.75, 3.05) is 47.8 Å². The van der Waals surface area contributed by atoms with Gasteiger partial charge in [0.05, 0.1) is 31.0 Å². The highest BCUT2D eigenvalue weighted by Crippen LogP contribution is 2.80. The van der Waals surface area contributed by atoms with E-state index in [0.717, 1.165) is 32.4 Å². The Morgan fingerprint density at radius 3 is 2.58 bits per heavy atom. The van der Waals surface area contributed by atoms with Gasteiger partial charge in [0.15, 0.2) is 0 Å². The molecule has 7 aliphatic rings. The standard InChI is InChI=1S/C25H39NO7/c1-5-26-9-23(10-29-2)7-6-14(27)24-13-8-12-17(28)15(13)25(22(18(12)30-3)32-11-33-25)16(21(24)26)19(31-4)20(23)24/h12-22,27-28H,5-11H2,1-4H3/t12?,13?,14?,15?,16?,17?,18-,19?,20-,21?,22-,23+,24?,25-/m1/s1. The van der Waals surface area contributed by atoms with Gasteiger partial charge in [0, 0.05) is 68.4 Å². The van der Waals surface area contributed by atoms with Crippen LogP contribution < -0.4 is 0 Å². The third-order valence-electron chi connectivity index (χ3n) is 11.7. The number of fused-ring (bicyclic) bond motifs is 1. The molecule has 8 heteroatoms. The lowest BCUT2D eigenvalue weighted by Crippen LogP contribution is -2.78. The van der Waals surface area contributed by atoms with Gasteiger partial charge < -0.3 is 33.9 Å². The van der Waals surface area contributed by atoms with Gasteiger partial charge in [-0.3, -0.25) is 4.90 Å². The lowest BCUT2D eigenvalue weighted by atomic mass is 9.43. The van der Waals surface area contributed by atoms with Crippen LogP contribution in [-0.2, 0) is 23.7 Å². The van der Waals surface area contributed by atoms with Crippen LogP contribution in [0.4, 0.5) is 0 Å². The van der Waals surface area contributed by atoms with Gasteiger partial charge in [-0.2, -0.15) is 0 Å². The van der Waals surface area contributed by atoms with E-state index in [1.165, 1.54) is 0 Å². The van der Waals surface area contributed by atoms with E-state index in [0.29, 0.717) is 6.61 Å². The van der Waals surface area contributed by atoms with Crippen molar-refractivity contribution in [3.63, 3.8) is 0 Å². The molecule has 2 N–H and O–H groups in total. The summed E-state index contributed by atoms with van der Waals surface area (Å²) in [4.78, 5) is 2.60. The fourth-order valence-electron chi connectivity index (χ4n) is 11.4. The Morgan fingerprint density at radius 2 is 1.88 bits per heavy atom. The Kier molecular flexibility index (Phi) is 4.59. The van der Waals surface area contributed by atoms with Gasteiger partial charge >= 0.3 is 0 Å². The van der Waals surface area contributed by atoms with Gasteiger partial charge in [-0.1, -0.05) is 6.92 Å². The van der Waals surface area contributed by atoms with E-state index in [2.05, 4.69) is 11.8 Å². The summed E-state index contributed by atoms with van der Waals surface area (Å²) in [7, 11) is 5.35. The van der Waals surface area contributed by atoms with Crippen molar-refractivity contribution in [3.8, 4) is 0 Å². The predicted molar refractivity (Wildman–Crippen MR) is 116 cm³/mol. The van der Waals surface area contributed by atoms with E-state index in [9.17, 15) is 10.2 Å². The number of nitrogens with zero attached hydrogens (tertiary/aromatic N) is 1. The summed E-state index contributed by atoms with van der Waals surface area (Å²) >= 11 is 0. The van der Waals surface area contributed by atoms with Crippen LogP contribution in [0.15, 0.2) is 0 Å². The zero-order chi connectivity index (χ0) is 22.9. The number of likely N-dealkylation sites (tertiary alicyclic amines) is 1. The first-order chi connectivity index (χ1) is 16.0. The van der Waals surface area contributed by atoms with Crippen LogP contribution in [0.5, 0.6) is 0 Å². The average molecular weight is 466 g/mol. The number of hydrogen-bond donors (Lipinski definition) is 2. The van der Waals surface area contributed by atoms with E-state index in [1.807, 2.05) is 7.11 Å². The lowest BCUT2D eigenvalue weighted by Gasteiger charge is -2.69. The molecule has 2 spiro atoms. The molecule has 5 aliphatic carbocycles. The molecule has 0 aromatic heterocycles. The highest BCUT2D eigenvalue weighted by atomic mass is 16.7. The third kappa shape index (κ3) is 2.09. The van der Waals surface area contributed by atoms with Gasteiger partial charge in [-0.05, 0) is 31.7 Å². The zero-order valence-electron chi connectivity index (χ0n) is 20.2. The first-order valence-corrected chi connectivity index (χ1v) is 12.9. The van der Waals surface area contributed by atoms with Crippen molar-refractivity contribution in [1.29, 1.82) is 0 Å². The SMILES string of the molecule is CCN1C[C@]2(COC)CCC(O)C34C5CC6C(O)C5[C@@]5(OCO[C@@H]5[C@@H]6OC)C(C(OC)[C@@H]32)C14. The molecule has 7 rings (SSSR count). The van der Waals surface area contributed by atoms with Crippen LogP contribution in [0.1, 0.15) is 26.2 Å². The van der Waals surface area contributed by atoms with Crippen molar-refractivity contribution in [2.45, 2.75) is 68.3 Å². The summed E-state index contributed by atoms with van der Waals surface area (Å²) < 4.78 is 31.4. The molecular weight excluding hydrogens is 426 g/mol. The highest BCUT2D eigenvalue weighted by Gasteiger charge is 2.89. The largest absolute Gasteiger partial charge is 0.392 e. The molecule has 2 saturated heterocycles. The fraction of sp³-hybridized carbons (Fsp3) is 1.00. The first-order valence-electron chi connectivity index (χ1n) is 12.9. The minimum Gasteiger partial charge on any atom is -0.392 e. The number of piperidine rings is 1. The van der Waals surface area contributed by atoms with Gasteiger partial charge in [0.25, 0.3) is 0 Å². The molecule has 14 atom stereocenters. The van der Waals surface area contributed by atoms with Crippen molar-refractivity contribution in [3.05, 3.63) is 0 Å². The van der Waals surface area contributed by atoms with Crippen LogP contribution in [0.2, 0.25) is 0 Å². The molecule has 0 aromatic carbocycles. The van der Waals surface area contributed by atoms with E-state index in [4.69, 9.17) is 23.7 Å². The van der Waals surface area contributed by atoms with Crippen LogP contribution in [-0.4, -0.2) is 105 Å². The number of ether oxygens (including phenoxy) is 5. The van der Waals surface area contributed by atoms with Crippen LogP contribution in [0, 0.1) is 40.4 Å². The van der Waals surface area contributed by atoms with Crippen LogP contribution in [0.3, 0.4) is 0 Å². The number of rotatable bonds is 5. The Labute approximate surface area is 195 Å².